The maximum Gasteiger partial charge on any atom is 0.276 e. The van der Waals surface area contributed by atoms with Gasteiger partial charge in [0.15, 0.2) is 0 Å². The van der Waals surface area contributed by atoms with E-state index in [0.29, 0.717) is 0 Å². The second-order valence-corrected chi connectivity index (χ2v) is 26.6. The third-order valence-corrected chi connectivity index (χ3v) is 18.2. The zero-order valence-corrected chi connectivity index (χ0v) is 49.2. The van der Waals surface area contributed by atoms with Crippen LogP contribution in [0.5, 0.6) is 0 Å². The number of hydrogen-bond acceptors (Lipinski definition) is 7. The van der Waals surface area contributed by atoms with Gasteiger partial charge in [-0.15, -0.1) is 0 Å². The van der Waals surface area contributed by atoms with E-state index in [9.17, 15) is 0 Å². The van der Waals surface area contributed by atoms with Gasteiger partial charge >= 0.3 is 0 Å². The number of benzene rings is 10. The highest BCUT2D eigenvalue weighted by Gasteiger charge is 2.47. The van der Waals surface area contributed by atoms with E-state index >= 15 is 0 Å². The molecule has 0 fully saturated rings. The van der Waals surface area contributed by atoms with E-state index in [2.05, 4.69) is 295 Å². The van der Waals surface area contributed by atoms with Crippen molar-refractivity contribution in [1.29, 1.82) is 0 Å². The van der Waals surface area contributed by atoms with E-state index in [4.69, 9.17) is 13.8 Å². The number of fused-ring (bicyclic) bond motifs is 10. The number of aromatic nitrogens is 1. The van der Waals surface area contributed by atoms with Crippen LogP contribution < -0.4 is 31.2 Å². The molecule has 8 heteroatoms. The van der Waals surface area contributed by atoms with Crippen LogP contribution in [0.2, 0.25) is 0 Å². The van der Waals surface area contributed by atoms with Gasteiger partial charge in [0.05, 0.1) is 5.59 Å². The quantitative estimate of drug-likeness (QED) is 0.148. The van der Waals surface area contributed by atoms with Gasteiger partial charge in [-0.2, -0.15) is 0 Å². The van der Waals surface area contributed by atoms with E-state index in [1.807, 2.05) is 0 Å². The van der Waals surface area contributed by atoms with Crippen LogP contribution in [0.25, 0.3) is 65.6 Å². The molecule has 83 heavy (non-hydrogen) atoms. The Kier molecular flexibility index (Phi) is 11.5. The molecule has 2 aliphatic heterocycles. The molecule has 10 aromatic carbocycles. The van der Waals surface area contributed by atoms with Gasteiger partial charge in [0.25, 0.3) is 6.71 Å². The fourth-order valence-corrected chi connectivity index (χ4v) is 13.8. The predicted molar refractivity (Wildman–Crippen MR) is 352 cm³/mol. The second-order valence-electron chi connectivity index (χ2n) is 25.7. The summed E-state index contributed by atoms with van der Waals surface area (Å²) >= 11 is 1.77. The zero-order valence-electron chi connectivity index (χ0n) is 48.4. The highest BCUT2D eigenvalue weighted by molar-refractivity contribution is 7.22. The summed E-state index contributed by atoms with van der Waals surface area (Å²) < 4.78 is 13.2. The molecule has 0 amide bonds. The molecule has 0 radical (unpaired) electrons. The summed E-state index contributed by atoms with van der Waals surface area (Å²) in [5.41, 5.74) is 22.6. The van der Waals surface area contributed by atoms with Crippen LogP contribution in [-0.4, -0.2) is 11.7 Å². The maximum atomic E-state index is 6.67. The summed E-state index contributed by atoms with van der Waals surface area (Å²) in [5, 5.41) is 6.40. The van der Waals surface area contributed by atoms with Crippen molar-refractivity contribution in [3.05, 3.63) is 235 Å². The first-order valence-corrected chi connectivity index (χ1v) is 29.8. The van der Waals surface area contributed by atoms with Crippen molar-refractivity contribution < 1.29 is 8.83 Å². The Morgan fingerprint density at radius 1 is 0.398 bits per heavy atom. The van der Waals surface area contributed by atoms with Crippen LogP contribution in [0, 0.1) is 0 Å². The van der Waals surface area contributed by atoms with Gasteiger partial charge in [0, 0.05) is 72.6 Å². The molecule has 0 bridgehead atoms. The highest BCUT2D eigenvalue weighted by Crippen LogP contribution is 2.51. The average Bonchev–Trinajstić information content (AvgIpc) is 1.97. The third kappa shape index (κ3) is 8.48. The number of rotatable bonds is 7. The number of hydrogen-bond donors (Lipinski definition) is 0. The maximum absolute atomic E-state index is 6.67. The normalized spacial score (nSPS) is 13.3. The van der Waals surface area contributed by atoms with Crippen LogP contribution >= 0.6 is 11.3 Å². The minimum atomic E-state index is -0.221. The minimum absolute atomic E-state index is 0.0201. The molecular weight excluding hydrogens is 1030 g/mol. The highest BCUT2D eigenvalue weighted by atomic mass is 32.1. The van der Waals surface area contributed by atoms with Crippen molar-refractivity contribution in [2.75, 3.05) is 14.7 Å². The molecule has 0 unspecified atom stereocenters. The lowest BCUT2D eigenvalue weighted by Crippen LogP contribution is -2.61. The summed E-state index contributed by atoms with van der Waals surface area (Å²) in [4.78, 5) is 13.4. The average molecular weight is 1100 g/mol. The first-order chi connectivity index (χ1) is 40.0. The Morgan fingerprint density at radius 2 is 0.904 bits per heavy atom. The van der Waals surface area contributed by atoms with E-state index in [-0.39, 0.29) is 23.0 Å². The number of nitrogens with zero attached hydrogens (tertiary/aromatic N) is 4. The molecule has 0 spiro atoms. The monoisotopic (exact) mass is 1090 g/mol. The predicted octanol–water partition coefficient (Wildman–Crippen LogP) is 19.7. The number of furan rings is 2. The molecule has 15 rings (SSSR count). The van der Waals surface area contributed by atoms with Crippen LogP contribution in [-0.2, 0) is 16.2 Å². The number of anilines is 9. The van der Waals surface area contributed by atoms with Gasteiger partial charge in [-0.1, -0.05) is 171 Å². The van der Waals surface area contributed by atoms with E-state index < -0.39 is 0 Å². The Morgan fingerprint density at radius 3 is 1.52 bits per heavy atom. The van der Waals surface area contributed by atoms with Crippen molar-refractivity contribution in [1.82, 2.24) is 4.98 Å². The van der Waals surface area contributed by atoms with Crippen molar-refractivity contribution in [3.63, 3.8) is 0 Å². The SMILES string of the molecule is CC(C)(C)c1ccc(N2c3cc(N(c4ccccc4)c4ccccc4)ccc3B3c4nc(-c5ccc6oc7ccc(C(C)(C)C)cc7c6c5)sc4N(c4ccc5oc6ccc(-c7ccccc7)cc6c5c4)c4cc(C(C)(C)C)cc2c43)cc1. The largest absolute Gasteiger partial charge is 0.456 e. The molecule has 13 aromatic rings. The fraction of sp³-hybridized carbons (Fsp3) is 0.160. The van der Waals surface area contributed by atoms with Crippen LogP contribution in [0.15, 0.2) is 227 Å². The van der Waals surface area contributed by atoms with Crippen molar-refractivity contribution >= 4 is 129 Å². The van der Waals surface area contributed by atoms with Crippen LogP contribution in [0.4, 0.5) is 50.5 Å². The van der Waals surface area contributed by atoms with Gasteiger partial charge in [-0.3, -0.25) is 0 Å². The van der Waals surface area contributed by atoms with Gasteiger partial charge in [-0.25, -0.2) is 4.98 Å². The number of para-hydroxylation sites is 2. The van der Waals surface area contributed by atoms with E-state index in [1.165, 1.54) is 33.2 Å². The topological polar surface area (TPSA) is 48.9 Å². The lowest BCUT2D eigenvalue weighted by Gasteiger charge is -2.44. The zero-order chi connectivity index (χ0) is 56.7. The van der Waals surface area contributed by atoms with E-state index in [1.54, 1.807) is 11.3 Å². The lowest BCUT2D eigenvalue weighted by atomic mass is 9.35. The molecule has 0 N–H and O–H groups in total. The number of thiazole rings is 1. The molecule has 6 nitrogen and oxygen atoms in total. The summed E-state index contributed by atoms with van der Waals surface area (Å²) in [7, 11) is 0. The molecule has 0 aliphatic carbocycles. The van der Waals surface area contributed by atoms with Crippen LogP contribution in [0.3, 0.4) is 0 Å². The summed E-state index contributed by atoms with van der Waals surface area (Å²) in [5.74, 6) is 0. The molecule has 0 atom stereocenters. The summed E-state index contributed by atoms with van der Waals surface area (Å²) in [6.07, 6.45) is 0. The summed E-state index contributed by atoms with van der Waals surface area (Å²) in [6.45, 7) is 20.5. The van der Waals surface area contributed by atoms with Crippen LogP contribution in [0.1, 0.15) is 79.0 Å². The molecular formula is C75H63BN4O2S. The molecule has 5 heterocycles. The van der Waals surface area contributed by atoms with Crippen molar-refractivity contribution in [3.8, 4) is 21.7 Å². The Hall–Kier alpha value is -9.11. The molecule has 3 aromatic heterocycles. The minimum Gasteiger partial charge on any atom is -0.456 e. The molecule has 2 aliphatic rings. The van der Waals surface area contributed by atoms with Crippen molar-refractivity contribution in [2.24, 2.45) is 0 Å². The Labute approximate surface area is 490 Å². The summed E-state index contributed by atoms with van der Waals surface area (Å²) in [6, 6.07) is 80.1. The van der Waals surface area contributed by atoms with E-state index in [0.717, 1.165) is 116 Å². The van der Waals surface area contributed by atoms with Gasteiger partial charge in [0.2, 0.25) is 0 Å². The van der Waals surface area contributed by atoms with Gasteiger partial charge in [0.1, 0.15) is 32.3 Å². The first kappa shape index (κ1) is 50.8. The second kappa shape index (κ2) is 18.7. The standard InChI is InChI=1S/C75H63BN4O2S/c1-73(2,3)49-27-30-54(31-28-49)79-62-45-56(78(52-21-15-11-16-22-52)53-23-17-12-18-24-53)32-34-61(62)76-69-63(79)42-51(75(7,8)9)43-64(69)80(55-33-38-68-60(44-55)57-39-47(25-35-65(57)82-68)46-19-13-10-14-20-46)72-70(76)77-71(83-72)48-26-36-66-58(40-48)59-41-50(74(4,5)6)29-37-67(59)81-66/h10-45H,1-9H3. The molecule has 0 saturated carbocycles. The lowest BCUT2D eigenvalue weighted by molar-refractivity contribution is 0.590. The molecule has 0 saturated heterocycles. The smallest absolute Gasteiger partial charge is 0.276 e. The Bertz CT molecular complexity index is 4650. The molecule has 404 valence electrons. The Balaban J connectivity index is 1.01. The van der Waals surface area contributed by atoms with Crippen molar-refractivity contribution in [2.45, 2.75) is 78.6 Å². The first-order valence-electron chi connectivity index (χ1n) is 28.9. The fourth-order valence-electron chi connectivity index (χ4n) is 12.6. The van der Waals surface area contributed by atoms with Gasteiger partial charge < -0.3 is 23.5 Å². The third-order valence-electron chi connectivity index (χ3n) is 17.1. The van der Waals surface area contributed by atoms with Gasteiger partial charge in [-0.05, 0) is 176 Å².